The quantitative estimate of drug-likeness (QED) is 0.785. The summed E-state index contributed by atoms with van der Waals surface area (Å²) in [7, 11) is 0. The van der Waals surface area contributed by atoms with E-state index in [2.05, 4.69) is 35.9 Å². The number of hydrogen-bond acceptors (Lipinski definition) is 3. The van der Waals surface area contributed by atoms with Gasteiger partial charge in [0.25, 0.3) is 0 Å². The summed E-state index contributed by atoms with van der Waals surface area (Å²) in [6.07, 6.45) is 4.06. The minimum Gasteiger partial charge on any atom is -0.313 e. The molecule has 0 aromatic rings. The summed E-state index contributed by atoms with van der Waals surface area (Å²) in [4.78, 5) is 5.38. The molecule has 0 bridgehead atoms. The van der Waals surface area contributed by atoms with Crippen LogP contribution in [0.5, 0.6) is 0 Å². The normalized spacial score (nSPS) is 32.6. The number of piperazine rings is 1. The molecule has 0 aromatic carbocycles. The minimum atomic E-state index is 0.665. The average molecular weight is 239 g/mol. The van der Waals surface area contributed by atoms with Crippen molar-refractivity contribution in [1.29, 1.82) is 0 Å². The Morgan fingerprint density at radius 1 is 1.35 bits per heavy atom. The Balaban J connectivity index is 1.73. The van der Waals surface area contributed by atoms with Crippen LogP contribution in [0.4, 0.5) is 0 Å². The number of nitrogens with one attached hydrogen (secondary N) is 1. The van der Waals surface area contributed by atoms with Crippen LogP contribution in [0.25, 0.3) is 0 Å². The van der Waals surface area contributed by atoms with Crippen molar-refractivity contribution in [3.63, 3.8) is 0 Å². The van der Waals surface area contributed by atoms with Crippen molar-refractivity contribution in [1.82, 2.24) is 15.1 Å². The molecule has 3 nitrogen and oxygen atoms in total. The van der Waals surface area contributed by atoms with E-state index >= 15 is 0 Å². The maximum absolute atomic E-state index is 3.60. The molecule has 0 amide bonds. The lowest BCUT2D eigenvalue weighted by Gasteiger charge is -2.42. The largest absolute Gasteiger partial charge is 0.313 e. The number of hydrogen-bond donors (Lipinski definition) is 1. The molecule has 100 valence electrons. The van der Waals surface area contributed by atoms with E-state index in [0.29, 0.717) is 6.04 Å². The van der Waals surface area contributed by atoms with Gasteiger partial charge < -0.3 is 5.32 Å². The van der Waals surface area contributed by atoms with Gasteiger partial charge in [-0.1, -0.05) is 6.92 Å². The van der Waals surface area contributed by atoms with Crippen LogP contribution >= 0.6 is 0 Å². The molecule has 0 spiro atoms. The Morgan fingerprint density at radius 2 is 2.18 bits per heavy atom. The Bertz CT molecular complexity index is 232. The monoisotopic (exact) mass is 239 g/mol. The minimum absolute atomic E-state index is 0.665. The lowest BCUT2D eigenvalue weighted by molar-refractivity contribution is 0.0599. The second-order valence-corrected chi connectivity index (χ2v) is 5.90. The molecule has 3 unspecified atom stereocenters. The van der Waals surface area contributed by atoms with Crippen LogP contribution in [0.15, 0.2) is 0 Å². The molecule has 17 heavy (non-hydrogen) atoms. The molecule has 0 saturated carbocycles. The van der Waals surface area contributed by atoms with Crippen LogP contribution in [-0.4, -0.2) is 60.6 Å². The first kappa shape index (κ1) is 13.3. The summed E-state index contributed by atoms with van der Waals surface area (Å²) in [6, 6.07) is 2.26. The van der Waals surface area contributed by atoms with Crippen molar-refractivity contribution in [2.45, 2.75) is 58.2 Å². The van der Waals surface area contributed by atoms with E-state index in [0.717, 1.165) is 18.6 Å². The fourth-order valence-corrected chi connectivity index (χ4v) is 3.16. The number of rotatable bonds is 5. The van der Waals surface area contributed by atoms with E-state index < -0.39 is 0 Å². The van der Waals surface area contributed by atoms with Crippen LogP contribution in [0, 0.1) is 0 Å². The molecule has 2 aliphatic heterocycles. The highest BCUT2D eigenvalue weighted by Gasteiger charge is 2.33. The highest BCUT2D eigenvalue weighted by molar-refractivity contribution is 4.90. The summed E-state index contributed by atoms with van der Waals surface area (Å²) in [5.74, 6) is 0. The van der Waals surface area contributed by atoms with Crippen LogP contribution in [0.3, 0.4) is 0 Å². The third-order valence-corrected chi connectivity index (χ3v) is 4.57. The Hall–Kier alpha value is -0.120. The van der Waals surface area contributed by atoms with Crippen molar-refractivity contribution < 1.29 is 0 Å². The first-order valence-corrected chi connectivity index (χ1v) is 7.42. The van der Waals surface area contributed by atoms with Crippen LogP contribution in [-0.2, 0) is 0 Å². The molecule has 2 fully saturated rings. The third kappa shape index (κ3) is 3.43. The molecular formula is C14H29N3. The highest BCUT2D eigenvalue weighted by atomic mass is 15.3. The van der Waals surface area contributed by atoms with Gasteiger partial charge in [-0.2, -0.15) is 0 Å². The Kier molecular flexibility index (Phi) is 4.83. The smallest absolute Gasteiger partial charge is 0.0224 e. The van der Waals surface area contributed by atoms with Gasteiger partial charge in [0.1, 0.15) is 0 Å². The van der Waals surface area contributed by atoms with E-state index in [1.807, 2.05) is 0 Å². The van der Waals surface area contributed by atoms with Gasteiger partial charge in [0, 0.05) is 44.3 Å². The van der Waals surface area contributed by atoms with Crippen molar-refractivity contribution in [3.05, 3.63) is 0 Å². The molecule has 0 aliphatic carbocycles. The summed E-state index contributed by atoms with van der Waals surface area (Å²) in [5.41, 5.74) is 0. The molecule has 2 saturated heterocycles. The van der Waals surface area contributed by atoms with E-state index in [4.69, 9.17) is 0 Å². The predicted molar refractivity (Wildman–Crippen MR) is 73.4 cm³/mol. The fourth-order valence-electron chi connectivity index (χ4n) is 3.16. The average Bonchev–Trinajstić information content (AvgIpc) is 2.76. The second-order valence-electron chi connectivity index (χ2n) is 5.90. The molecular weight excluding hydrogens is 210 g/mol. The predicted octanol–water partition coefficient (Wildman–Crippen LogP) is 1.54. The first-order chi connectivity index (χ1) is 8.20. The maximum Gasteiger partial charge on any atom is 0.0224 e. The summed E-state index contributed by atoms with van der Waals surface area (Å²) in [5, 5.41) is 3.60. The van der Waals surface area contributed by atoms with Gasteiger partial charge in [-0.05, 0) is 39.7 Å². The van der Waals surface area contributed by atoms with Gasteiger partial charge in [0.15, 0.2) is 0 Å². The van der Waals surface area contributed by atoms with Crippen LogP contribution in [0.1, 0.15) is 40.0 Å². The Morgan fingerprint density at radius 3 is 2.94 bits per heavy atom. The van der Waals surface area contributed by atoms with Crippen molar-refractivity contribution in [3.8, 4) is 0 Å². The molecule has 2 aliphatic rings. The van der Waals surface area contributed by atoms with E-state index in [1.165, 1.54) is 45.4 Å². The van der Waals surface area contributed by atoms with Crippen molar-refractivity contribution >= 4 is 0 Å². The lowest BCUT2D eigenvalue weighted by atomic mass is 10.1. The maximum atomic E-state index is 3.60. The van der Waals surface area contributed by atoms with Gasteiger partial charge in [0.05, 0.1) is 0 Å². The lowest BCUT2D eigenvalue weighted by Crippen LogP contribution is -2.56. The van der Waals surface area contributed by atoms with Gasteiger partial charge in [-0.15, -0.1) is 0 Å². The highest BCUT2D eigenvalue weighted by Crippen LogP contribution is 2.24. The van der Waals surface area contributed by atoms with E-state index in [1.54, 1.807) is 0 Å². The van der Waals surface area contributed by atoms with Crippen molar-refractivity contribution in [2.24, 2.45) is 0 Å². The summed E-state index contributed by atoms with van der Waals surface area (Å²) in [6.45, 7) is 13.2. The topological polar surface area (TPSA) is 18.5 Å². The number of fused-ring (bicyclic) bond motifs is 1. The third-order valence-electron chi connectivity index (χ3n) is 4.57. The van der Waals surface area contributed by atoms with Gasteiger partial charge in [-0.25, -0.2) is 0 Å². The van der Waals surface area contributed by atoms with Crippen LogP contribution in [0.2, 0.25) is 0 Å². The second kappa shape index (κ2) is 6.17. The van der Waals surface area contributed by atoms with Gasteiger partial charge in [-0.3, -0.25) is 9.80 Å². The molecule has 3 heteroatoms. The fraction of sp³-hybridized carbons (Fsp3) is 1.00. The van der Waals surface area contributed by atoms with Crippen LogP contribution < -0.4 is 5.32 Å². The first-order valence-electron chi connectivity index (χ1n) is 7.42. The van der Waals surface area contributed by atoms with Crippen molar-refractivity contribution in [2.75, 3.05) is 32.7 Å². The molecule has 1 N–H and O–H groups in total. The van der Waals surface area contributed by atoms with Gasteiger partial charge in [0.2, 0.25) is 0 Å². The zero-order valence-corrected chi connectivity index (χ0v) is 11.8. The molecule has 2 rings (SSSR count). The van der Waals surface area contributed by atoms with Gasteiger partial charge >= 0.3 is 0 Å². The zero-order chi connectivity index (χ0) is 12.3. The zero-order valence-electron chi connectivity index (χ0n) is 11.8. The van der Waals surface area contributed by atoms with E-state index in [-0.39, 0.29) is 0 Å². The van der Waals surface area contributed by atoms with E-state index in [9.17, 15) is 0 Å². The summed E-state index contributed by atoms with van der Waals surface area (Å²) >= 11 is 0. The molecule has 3 atom stereocenters. The molecule has 0 aromatic heterocycles. The molecule has 0 radical (unpaired) electrons. The standard InChI is InChI=1S/C14H29N3/c1-4-12(2)15-7-9-16-11-14-6-5-8-17(14)10-13(16)3/h12-15H,4-11H2,1-3H3. The molecule has 2 heterocycles. The number of nitrogens with zero attached hydrogens (tertiary/aromatic N) is 2. The Labute approximate surface area is 107 Å². The SMILES string of the molecule is CCC(C)NCCN1CC2CCCN2CC1C. The summed E-state index contributed by atoms with van der Waals surface area (Å²) < 4.78 is 0.